The molecule has 0 bridgehead atoms. The summed E-state index contributed by atoms with van der Waals surface area (Å²) in [5.74, 6) is -2.08. The summed E-state index contributed by atoms with van der Waals surface area (Å²) in [6, 6.07) is -1.67. The van der Waals surface area contributed by atoms with Crippen molar-refractivity contribution in [1.82, 2.24) is 5.09 Å². The van der Waals surface area contributed by atoms with Crippen LogP contribution in [0.2, 0.25) is 0 Å². The van der Waals surface area contributed by atoms with Crippen molar-refractivity contribution in [3.63, 3.8) is 0 Å². The molecule has 0 aliphatic carbocycles. The number of ether oxygens (including phenoxy) is 3. The van der Waals surface area contributed by atoms with Crippen molar-refractivity contribution in [3.8, 4) is 0 Å². The van der Waals surface area contributed by atoms with Crippen LogP contribution < -0.4 is 5.09 Å². The Morgan fingerprint density at radius 3 is 1.24 bits per heavy atom. The number of rotatable bonds is 37. The minimum absolute atomic E-state index is 0.175. The van der Waals surface area contributed by atoms with E-state index >= 15 is 0 Å². The lowest BCUT2D eigenvalue weighted by Gasteiger charge is -2.20. The van der Waals surface area contributed by atoms with Gasteiger partial charge in [0.1, 0.15) is 19.3 Å². The third kappa shape index (κ3) is 33.6. The molecular formula is C38H74NO10P. The van der Waals surface area contributed by atoms with Crippen molar-refractivity contribution in [2.75, 3.05) is 19.8 Å². The first kappa shape index (κ1) is 48.5. The summed E-state index contributed by atoms with van der Waals surface area (Å²) < 4.78 is 27.1. The van der Waals surface area contributed by atoms with E-state index in [2.05, 4.69) is 13.8 Å². The zero-order chi connectivity index (χ0) is 37.1. The first-order valence-corrected chi connectivity index (χ1v) is 21.7. The summed E-state index contributed by atoms with van der Waals surface area (Å²) in [5, 5.41) is 11.0. The van der Waals surface area contributed by atoms with E-state index in [-0.39, 0.29) is 19.4 Å². The second-order valence-corrected chi connectivity index (χ2v) is 15.2. The van der Waals surface area contributed by atoms with E-state index in [1.54, 1.807) is 5.09 Å². The number of carbonyl (C=O) groups is 3. The molecule has 0 aromatic rings. The first-order valence-electron chi connectivity index (χ1n) is 20.1. The van der Waals surface area contributed by atoms with Gasteiger partial charge in [-0.1, -0.05) is 168 Å². The summed E-state index contributed by atoms with van der Waals surface area (Å²) in [4.78, 5) is 55.4. The van der Waals surface area contributed by atoms with Crippen LogP contribution in [0.5, 0.6) is 0 Å². The summed E-state index contributed by atoms with van der Waals surface area (Å²) in [6.45, 7) is 2.75. The maximum atomic E-state index is 12.6. The molecule has 0 saturated carbocycles. The average molecular weight is 736 g/mol. The molecule has 0 fully saturated rings. The van der Waals surface area contributed by atoms with Gasteiger partial charge >= 0.3 is 25.7 Å². The molecule has 4 N–H and O–H groups in total. The molecule has 0 aromatic heterocycles. The molecule has 0 aliphatic heterocycles. The summed E-state index contributed by atoms with van der Waals surface area (Å²) in [7, 11) is -4.82. The number of hydrogen-bond donors (Lipinski definition) is 4. The smallest absolute Gasteiger partial charge is 0.401 e. The van der Waals surface area contributed by atoms with Gasteiger partial charge in [-0.3, -0.25) is 14.4 Å². The Kier molecular flexibility index (Phi) is 33.5. The lowest BCUT2D eigenvalue weighted by molar-refractivity contribution is -0.167. The van der Waals surface area contributed by atoms with Crippen LogP contribution in [0.4, 0.5) is 0 Å². The molecule has 2 unspecified atom stereocenters. The van der Waals surface area contributed by atoms with Crippen LogP contribution in [-0.2, 0) is 33.2 Å². The predicted octanol–water partition coefficient (Wildman–Crippen LogP) is 8.99. The van der Waals surface area contributed by atoms with Gasteiger partial charge in [0.25, 0.3) is 0 Å². The molecule has 2 atom stereocenters. The minimum atomic E-state index is -4.82. The van der Waals surface area contributed by atoms with Crippen LogP contribution in [0.15, 0.2) is 0 Å². The summed E-state index contributed by atoms with van der Waals surface area (Å²) >= 11 is 0. The average Bonchev–Trinajstić information content (AvgIpc) is 3.08. The summed E-state index contributed by atoms with van der Waals surface area (Å²) in [5.41, 5.74) is 0. The largest absolute Gasteiger partial charge is 0.462 e. The monoisotopic (exact) mass is 736 g/mol. The molecule has 0 amide bonds. The van der Waals surface area contributed by atoms with E-state index in [0.29, 0.717) is 12.8 Å². The van der Waals surface area contributed by atoms with Crippen LogP contribution in [0.3, 0.4) is 0 Å². The SMILES string of the molecule is CCCCCCCCCCCCCCCC(=O)OCC(COC(=O)C(CO)NP(=O)(O)O)OC(=O)CCCCCCCCCCCCCCC. The van der Waals surface area contributed by atoms with Gasteiger partial charge in [-0.2, -0.15) is 0 Å². The van der Waals surface area contributed by atoms with Crippen molar-refractivity contribution in [2.45, 2.75) is 206 Å². The number of aliphatic hydroxyl groups excluding tert-OH is 1. The van der Waals surface area contributed by atoms with Crippen molar-refractivity contribution < 1.29 is 48.1 Å². The van der Waals surface area contributed by atoms with Crippen LogP contribution in [-0.4, -0.2) is 64.8 Å². The van der Waals surface area contributed by atoms with Crippen molar-refractivity contribution >= 4 is 25.7 Å². The number of nitrogens with one attached hydrogen (secondary N) is 1. The standard InChI is InChI=1S/C38H74NO10P/c1-3-5-7-9-11-13-15-17-19-21-23-25-27-29-36(41)47-32-34(33-48-38(43)35(31-40)39-50(44,45)46)49-37(42)30-28-26-24-22-20-18-16-14-12-10-8-6-4-2/h34-35,40H,3-33H2,1-2H3,(H3,39,44,45,46). The molecule has 50 heavy (non-hydrogen) atoms. The molecule has 0 rings (SSSR count). The Morgan fingerprint density at radius 2 is 0.880 bits per heavy atom. The van der Waals surface area contributed by atoms with Crippen LogP contribution >= 0.6 is 7.75 Å². The molecule has 0 aromatic carbocycles. The molecule has 0 heterocycles. The zero-order valence-electron chi connectivity index (χ0n) is 31.7. The van der Waals surface area contributed by atoms with Gasteiger partial charge in [0.05, 0.1) is 6.61 Å². The highest BCUT2D eigenvalue weighted by atomic mass is 31.2. The fourth-order valence-corrected chi connectivity index (χ4v) is 6.43. The van der Waals surface area contributed by atoms with E-state index in [1.165, 1.54) is 116 Å². The summed E-state index contributed by atoms with van der Waals surface area (Å²) in [6.07, 6.45) is 30.3. The molecule has 11 nitrogen and oxygen atoms in total. The molecule has 296 valence electrons. The molecule has 0 radical (unpaired) electrons. The fourth-order valence-electron chi connectivity index (χ4n) is 5.84. The highest BCUT2D eigenvalue weighted by Gasteiger charge is 2.28. The van der Waals surface area contributed by atoms with Crippen molar-refractivity contribution in [3.05, 3.63) is 0 Å². The highest BCUT2D eigenvalue weighted by molar-refractivity contribution is 7.49. The number of carbonyl (C=O) groups excluding carboxylic acids is 3. The molecule has 12 heteroatoms. The second kappa shape index (κ2) is 34.6. The Hall–Kier alpha value is -1.52. The molecule has 0 aliphatic rings. The third-order valence-electron chi connectivity index (χ3n) is 8.90. The van der Waals surface area contributed by atoms with Gasteiger partial charge in [-0.15, -0.1) is 0 Å². The van der Waals surface area contributed by atoms with E-state index in [0.717, 1.165) is 38.5 Å². The lowest BCUT2D eigenvalue weighted by Crippen LogP contribution is -2.41. The van der Waals surface area contributed by atoms with Crippen LogP contribution in [0.1, 0.15) is 194 Å². The molecule has 0 saturated heterocycles. The highest BCUT2D eigenvalue weighted by Crippen LogP contribution is 2.29. The number of hydrogen-bond acceptors (Lipinski definition) is 8. The van der Waals surface area contributed by atoms with Crippen LogP contribution in [0.25, 0.3) is 0 Å². The lowest BCUT2D eigenvalue weighted by atomic mass is 10.0. The predicted molar refractivity (Wildman–Crippen MR) is 198 cm³/mol. The van der Waals surface area contributed by atoms with Crippen molar-refractivity contribution in [1.29, 1.82) is 0 Å². The Bertz CT molecular complexity index is 869. The minimum Gasteiger partial charge on any atom is -0.462 e. The van der Waals surface area contributed by atoms with Gasteiger partial charge in [0, 0.05) is 12.8 Å². The van der Waals surface area contributed by atoms with E-state index < -0.39 is 51.0 Å². The van der Waals surface area contributed by atoms with Crippen molar-refractivity contribution in [2.24, 2.45) is 0 Å². The Balaban J connectivity index is 4.41. The van der Waals surface area contributed by atoms with E-state index in [9.17, 15) is 24.1 Å². The third-order valence-corrected chi connectivity index (χ3v) is 9.55. The molecular weight excluding hydrogens is 661 g/mol. The second-order valence-electron chi connectivity index (χ2n) is 13.8. The topological polar surface area (TPSA) is 169 Å². The quantitative estimate of drug-likeness (QED) is 0.0208. The molecule has 0 spiro atoms. The Labute approximate surface area is 304 Å². The van der Waals surface area contributed by atoms with Gasteiger partial charge in [0.2, 0.25) is 0 Å². The maximum Gasteiger partial charge on any atom is 0.401 e. The van der Waals surface area contributed by atoms with Gasteiger partial charge in [-0.05, 0) is 12.8 Å². The number of esters is 3. The first-order chi connectivity index (χ1) is 24.1. The van der Waals surface area contributed by atoms with E-state index in [4.69, 9.17) is 24.0 Å². The zero-order valence-corrected chi connectivity index (χ0v) is 32.6. The van der Waals surface area contributed by atoms with Crippen LogP contribution in [0, 0.1) is 0 Å². The maximum absolute atomic E-state index is 12.6. The normalized spacial score (nSPS) is 12.8. The Morgan fingerprint density at radius 1 is 0.540 bits per heavy atom. The van der Waals surface area contributed by atoms with Gasteiger partial charge < -0.3 is 29.1 Å². The number of aliphatic hydroxyl groups is 1. The van der Waals surface area contributed by atoms with E-state index in [1.807, 2.05) is 0 Å². The van der Waals surface area contributed by atoms with Gasteiger partial charge in [-0.25, -0.2) is 9.65 Å². The fraction of sp³-hybridized carbons (Fsp3) is 0.921. The number of unbranched alkanes of at least 4 members (excludes halogenated alkanes) is 24. The van der Waals surface area contributed by atoms with Gasteiger partial charge in [0.15, 0.2) is 6.10 Å².